The summed E-state index contributed by atoms with van der Waals surface area (Å²) in [5.74, 6) is -1.91. The van der Waals surface area contributed by atoms with Crippen LogP contribution in [0.3, 0.4) is 0 Å². The highest BCUT2D eigenvalue weighted by atomic mass is 19.1. The smallest absolute Gasteiger partial charge is 0.341 e. The first-order valence-corrected chi connectivity index (χ1v) is 6.89. The standard InChI is InChI=1S/C16H14FN3O3/c1-2-23-16(22)14(20-19-13-4-3-9-18-10-13)15(21)11-5-7-12(17)8-6-11/h3-10,14H,2H2,1H3/t14-/m1/s1. The number of rotatable bonds is 6. The van der Waals surface area contributed by atoms with Crippen LogP contribution in [-0.2, 0) is 9.53 Å². The van der Waals surface area contributed by atoms with Gasteiger partial charge in [-0.15, -0.1) is 0 Å². The lowest BCUT2D eigenvalue weighted by Crippen LogP contribution is -2.30. The molecule has 0 aliphatic rings. The number of benzene rings is 1. The SMILES string of the molecule is CCOC(=O)[C@H](N=Nc1cccnc1)C(=O)c1ccc(F)cc1. The first-order chi connectivity index (χ1) is 11.1. The molecule has 0 amide bonds. The zero-order valence-electron chi connectivity index (χ0n) is 12.3. The highest BCUT2D eigenvalue weighted by molar-refractivity contribution is 6.12. The number of esters is 1. The molecule has 7 heteroatoms. The molecule has 2 aromatic rings. The fraction of sp³-hybridized carbons (Fsp3) is 0.188. The Kier molecular flexibility index (Phi) is 5.62. The molecule has 0 aliphatic heterocycles. The number of pyridine rings is 1. The van der Waals surface area contributed by atoms with Crippen molar-refractivity contribution in [3.63, 3.8) is 0 Å². The van der Waals surface area contributed by atoms with Crippen LogP contribution in [0.5, 0.6) is 0 Å². The molecule has 0 N–H and O–H groups in total. The van der Waals surface area contributed by atoms with Crippen molar-refractivity contribution < 1.29 is 18.7 Å². The molecule has 23 heavy (non-hydrogen) atoms. The summed E-state index contributed by atoms with van der Waals surface area (Å²) in [6, 6.07) is 6.66. The monoisotopic (exact) mass is 315 g/mol. The number of ether oxygens (including phenoxy) is 1. The molecule has 0 radical (unpaired) electrons. The van der Waals surface area contributed by atoms with E-state index in [0.717, 1.165) is 12.1 Å². The normalized spacial score (nSPS) is 12.1. The molecule has 1 aromatic carbocycles. The molecule has 1 aromatic heterocycles. The van der Waals surface area contributed by atoms with Gasteiger partial charge in [0, 0.05) is 11.8 Å². The average Bonchev–Trinajstić information content (AvgIpc) is 2.56. The minimum atomic E-state index is -1.44. The van der Waals surface area contributed by atoms with Crippen LogP contribution in [0.2, 0.25) is 0 Å². The summed E-state index contributed by atoms with van der Waals surface area (Å²) in [6.45, 7) is 1.73. The van der Waals surface area contributed by atoms with Gasteiger partial charge in [-0.2, -0.15) is 10.2 Å². The number of nitrogens with zero attached hydrogens (tertiary/aromatic N) is 3. The van der Waals surface area contributed by atoms with Crippen molar-refractivity contribution in [2.24, 2.45) is 10.2 Å². The van der Waals surface area contributed by atoms with E-state index in [2.05, 4.69) is 15.2 Å². The van der Waals surface area contributed by atoms with Crippen LogP contribution in [0, 0.1) is 5.82 Å². The van der Waals surface area contributed by atoms with Gasteiger partial charge in [0.1, 0.15) is 11.5 Å². The van der Waals surface area contributed by atoms with Crippen LogP contribution in [0.25, 0.3) is 0 Å². The largest absolute Gasteiger partial charge is 0.464 e. The number of ketones is 1. The highest BCUT2D eigenvalue weighted by Crippen LogP contribution is 2.14. The summed E-state index contributed by atoms with van der Waals surface area (Å²) in [5, 5.41) is 7.62. The second-order valence-electron chi connectivity index (χ2n) is 4.45. The van der Waals surface area contributed by atoms with Gasteiger partial charge < -0.3 is 4.74 Å². The Morgan fingerprint density at radius 1 is 1.26 bits per heavy atom. The van der Waals surface area contributed by atoms with Crippen molar-refractivity contribution in [3.05, 3.63) is 60.2 Å². The van der Waals surface area contributed by atoms with Gasteiger partial charge in [-0.05, 0) is 43.3 Å². The average molecular weight is 315 g/mol. The highest BCUT2D eigenvalue weighted by Gasteiger charge is 2.29. The Labute approximate surface area is 132 Å². The van der Waals surface area contributed by atoms with Crippen LogP contribution < -0.4 is 0 Å². The predicted octanol–water partition coefficient (Wildman–Crippen LogP) is 3.12. The Hall–Kier alpha value is -2.96. The second kappa shape index (κ2) is 7.88. The Bertz CT molecular complexity index is 702. The van der Waals surface area contributed by atoms with E-state index in [0.29, 0.717) is 5.69 Å². The fourth-order valence-electron chi connectivity index (χ4n) is 1.74. The lowest BCUT2D eigenvalue weighted by atomic mass is 10.1. The van der Waals surface area contributed by atoms with Gasteiger partial charge in [0.05, 0.1) is 12.8 Å². The number of aromatic nitrogens is 1. The molecule has 0 fully saturated rings. The molecule has 0 bridgehead atoms. The predicted molar refractivity (Wildman–Crippen MR) is 79.9 cm³/mol. The molecule has 0 spiro atoms. The number of Topliss-reactive ketones (excluding diaryl/α,β-unsaturated/α-hetero) is 1. The third-order valence-corrected chi connectivity index (χ3v) is 2.82. The number of halogens is 1. The molecule has 1 heterocycles. The summed E-state index contributed by atoms with van der Waals surface area (Å²) < 4.78 is 17.8. The number of carbonyl (C=O) groups is 2. The third kappa shape index (κ3) is 4.50. The van der Waals surface area contributed by atoms with Gasteiger partial charge in [-0.3, -0.25) is 9.78 Å². The molecule has 2 rings (SSSR count). The van der Waals surface area contributed by atoms with Crippen molar-refractivity contribution in [1.29, 1.82) is 0 Å². The molecular formula is C16H14FN3O3. The quantitative estimate of drug-likeness (QED) is 0.355. The molecule has 0 aliphatic carbocycles. The number of carbonyl (C=O) groups excluding carboxylic acids is 2. The number of hydrogen-bond donors (Lipinski definition) is 0. The number of hydrogen-bond acceptors (Lipinski definition) is 6. The van der Waals surface area contributed by atoms with Gasteiger partial charge in [0.2, 0.25) is 11.8 Å². The molecule has 0 saturated carbocycles. The zero-order valence-corrected chi connectivity index (χ0v) is 12.3. The first kappa shape index (κ1) is 16.4. The van der Waals surface area contributed by atoms with Crippen molar-refractivity contribution in [2.45, 2.75) is 13.0 Å². The summed E-state index contributed by atoms with van der Waals surface area (Å²) >= 11 is 0. The summed E-state index contributed by atoms with van der Waals surface area (Å²) in [7, 11) is 0. The maximum Gasteiger partial charge on any atom is 0.341 e. The topological polar surface area (TPSA) is 81.0 Å². The van der Waals surface area contributed by atoms with E-state index in [4.69, 9.17) is 4.74 Å². The van der Waals surface area contributed by atoms with Gasteiger partial charge in [-0.1, -0.05) is 0 Å². The van der Waals surface area contributed by atoms with Gasteiger partial charge in [0.15, 0.2) is 0 Å². The van der Waals surface area contributed by atoms with E-state index < -0.39 is 23.6 Å². The van der Waals surface area contributed by atoms with E-state index >= 15 is 0 Å². The van der Waals surface area contributed by atoms with Crippen molar-refractivity contribution >= 4 is 17.4 Å². The van der Waals surface area contributed by atoms with E-state index in [-0.39, 0.29) is 12.2 Å². The molecule has 0 saturated heterocycles. The van der Waals surface area contributed by atoms with Gasteiger partial charge >= 0.3 is 5.97 Å². The number of azo groups is 1. The minimum Gasteiger partial charge on any atom is -0.464 e. The third-order valence-electron chi connectivity index (χ3n) is 2.82. The summed E-state index contributed by atoms with van der Waals surface area (Å²) in [5.41, 5.74) is 0.545. The minimum absolute atomic E-state index is 0.106. The van der Waals surface area contributed by atoms with Crippen LogP contribution in [0.1, 0.15) is 17.3 Å². The molecule has 118 valence electrons. The van der Waals surface area contributed by atoms with Crippen molar-refractivity contribution in [1.82, 2.24) is 4.98 Å². The van der Waals surface area contributed by atoms with Gasteiger partial charge in [0.25, 0.3) is 0 Å². The lowest BCUT2D eigenvalue weighted by molar-refractivity contribution is -0.143. The second-order valence-corrected chi connectivity index (χ2v) is 4.45. The van der Waals surface area contributed by atoms with Crippen LogP contribution in [0.4, 0.5) is 10.1 Å². The maximum absolute atomic E-state index is 12.9. The fourth-order valence-corrected chi connectivity index (χ4v) is 1.74. The van der Waals surface area contributed by atoms with Crippen LogP contribution in [0.15, 0.2) is 59.0 Å². The Morgan fingerprint density at radius 3 is 2.61 bits per heavy atom. The van der Waals surface area contributed by atoms with E-state index in [1.807, 2.05) is 0 Å². The Morgan fingerprint density at radius 2 is 2.00 bits per heavy atom. The lowest BCUT2D eigenvalue weighted by Gasteiger charge is -2.09. The molecule has 1 atom stereocenters. The van der Waals surface area contributed by atoms with Crippen molar-refractivity contribution in [3.8, 4) is 0 Å². The van der Waals surface area contributed by atoms with E-state index in [1.165, 1.54) is 18.3 Å². The maximum atomic E-state index is 12.9. The van der Waals surface area contributed by atoms with E-state index in [1.54, 1.807) is 25.3 Å². The van der Waals surface area contributed by atoms with Crippen molar-refractivity contribution in [2.75, 3.05) is 6.61 Å². The summed E-state index contributed by atoms with van der Waals surface area (Å²) in [4.78, 5) is 28.2. The first-order valence-electron chi connectivity index (χ1n) is 6.89. The van der Waals surface area contributed by atoms with E-state index in [9.17, 15) is 14.0 Å². The Balaban J connectivity index is 2.26. The van der Waals surface area contributed by atoms with Crippen LogP contribution >= 0.6 is 0 Å². The zero-order chi connectivity index (χ0) is 16.7. The van der Waals surface area contributed by atoms with Gasteiger partial charge in [-0.25, -0.2) is 9.18 Å². The molecule has 6 nitrogen and oxygen atoms in total. The molecular weight excluding hydrogens is 301 g/mol. The summed E-state index contributed by atoms with van der Waals surface area (Å²) in [6.07, 6.45) is 3.00. The van der Waals surface area contributed by atoms with Crippen LogP contribution in [-0.4, -0.2) is 29.4 Å². The molecule has 0 unspecified atom stereocenters.